The summed E-state index contributed by atoms with van der Waals surface area (Å²) < 4.78 is 2.23. The molecule has 5 nitrogen and oxygen atoms in total. The van der Waals surface area contributed by atoms with Crippen LogP contribution in [0.4, 0.5) is 0 Å². The van der Waals surface area contributed by atoms with Crippen LogP contribution in [0.3, 0.4) is 0 Å². The second-order valence-corrected chi connectivity index (χ2v) is 7.95. The molecule has 29 heavy (non-hydrogen) atoms. The zero-order valence-electron chi connectivity index (χ0n) is 17.9. The fourth-order valence-corrected chi connectivity index (χ4v) is 4.05. The van der Waals surface area contributed by atoms with E-state index in [1.807, 2.05) is 17.9 Å². The molecule has 0 radical (unpaired) electrons. The van der Waals surface area contributed by atoms with E-state index in [-0.39, 0.29) is 24.4 Å². The van der Waals surface area contributed by atoms with Gasteiger partial charge in [0.05, 0.1) is 12.6 Å². The van der Waals surface area contributed by atoms with E-state index in [1.165, 1.54) is 5.56 Å². The van der Waals surface area contributed by atoms with E-state index >= 15 is 0 Å². The Morgan fingerprint density at radius 2 is 1.83 bits per heavy atom. The van der Waals surface area contributed by atoms with Crippen LogP contribution < -0.4 is 0 Å². The average molecular weight is 396 g/mol. The summed E-state index contributed by atoms with van der Waals surface area (Å²) in [5.74, 6) is 0.121. The molecular formula is C24H33N3O2. The summed E-state index contributed by atoms with van der Waals surface area (Å²) in [6.45, 7) is 8.44. The van der Waals surface area contributed by atoms with Crippen molar-refractivity contribution in [2.24, 2.45) is 0 Å². The summed E-state index contributed by atoms with van der Waals surface area (Å²) in [5, 5.41) is 0. The van der Waals surface area contributed by atoms with Crippen LogP contribution in [0.2, 0.25) is 0 Å². The Bertz CT molecular complexity index is 825. The maximum atomic E-state index is 13.4. The number of amides is 2. The number of nitrogens with zero attached hydrogens (tertiary/aromatic N) is 3. The van der Waals surface area contributed by atoms with Crippen LogP contribution in [0.15, 0.2) is 42.6 Å². The van der Waals surface area contributed by atoms with E-state index in [0.717, 1.165) is 37.1 Å². The number of fused-ring (bicyclic) bond motifs is 1. The van der Waals surface area contributed by atoms with Gasteiger partial charge in [-0.2, -0.15) is 0 Å². The first-order chi connectivity index (χ1) is 14.0. The van der Waals surface area contributed by atoms with Gasteiger partial charge in [-0.05, 0) is 37.5 Å². The van der Waals surface area contributed by atoms with Crippen molar-refractivity contribution in [2.45, 2.75) is 59.0 Å². The molecule has 2 aromatic rings. The smallest absolute Gasteiger partial charge is 0.243 e. The summed E-state index contributed by atoms with van der Waals surface area (Å²) in [6, 6.07) is 12.4. The van der Waals surface area contributed by atoms with E-state index < -0.39 is 0 Å². The second-order valence-electron chi connectivity index (χ2n) is 7.95. The molecule has 1 aliphatic heterocycles. The van der Waals surface area contributed by atoms with Gasteiger partial charge in [0.25, 0.3) is 0 Å². The van der Waals surface area contributed by atoms with Gasteiger partial charge in [-0.1, -0.05) is 50.1 Å². The first-order valence-electron chi connectivity index (χ1n) is 10.8. The molecule has 1 aromatic carbocycles. The molecule has 0 aliphatic carbocycles. The topological polar surface area (TPSA) is 45.6 Å². The zero-order chi connectivity index (χ0) is 20.8. The maximum absolute atomic E-state index is 13.4. The van der Waals surface area contributed by atoms with Gasteiger partial charge < -0.3 is 14.4 Å². The molecule has 1 aromatic heterocycles. The van der Waals surface area contributed by atoms with Crippen LogP contribution in [-0.2, 0) is 16.1 Å². The van der Waals surface area contributed by atoms with Crippen molar-refractivity contribution in [1.82, 2.24) is 14.4 Å². The highest BCUT2D eigenvalue weighted by Crippen LogP contribution is 2.32. The minimum Gasteiger partial charge on any atom is -0.348 e. The predicted octanol–water partition coefficient (Wildman–Crippen LogP) is 4.16. The van der Waals surface area contributed by atoms with Gasteiger partial charge in [-0.15, -0.1) is 0 Å². The summed E-state index contributed by atoms with van der Waals surface area (Å²) in [5.41, 5.74) is 3.45. The molecule has 0 bridgehead atoms. The third-order valence-electron chi connectivity index (χ3n) is 5.67. The van der Waals surface area contributed by atoms with Crippen LogP contribution in [0.1, 0.15) is 62.4 Å². The molecular weight excluding hydrogens is 362 g/mol. The van der Waals surface area contributed by atoms with Crippen molar-refractivity contribution in [3.8, 4) is 0 Å². The Morgan fingerprint density at radius 3 is 2.52 bits per heavy atom. The van der Waals surface area contributed by atoms with Crippen molar-refractivity contribution in [2.75, 3.05) is 19.6 Å². The monoisotopic (exact) mass is 395 g/mol. The number of rotatable bonds is 8. The van der Waals surface area contributed by atoms with E-state index in [1.54, 1.807) is 4.90 Å². The molecule has 2 heterocycles. The number of benzene rings is 1. The Balaban J connectivity index is 1.83. The zero-order valence-corrected chi connectivity index (χ0v) is 17.9. The molecule has 1 unspecified atom stereocenters. The lowest BCUT2D eigenvalue weighted by Gasteiger charge is -2.38. The minimum atomic E-state index is -0.110. The summed E-state index contributed by atoms with van der Waals surface area (Å²) in [6.07, 6.45) is 5.31. The maximum Gasteiger partial charge on any atom is 0.243 e. The normalized spacial score (nSPS) is 15.8. The van der Waals surface area contributed by atoms with Crippen molar-refractivity contribution in [1.29, 1.82) is 0 Å². The largest absolute Gasteiger partial charge is 0.348 e. The molecule has 0 fully saturated rings. The average Bonchev–Trinajstić information content (AvgIpc) is 3.20. The summed E-state index contributed by atoms with van der Waals surface area (Å²) in [7, 11) is 0. The Morgan fingerprint density at radius 1 is 1.07 bits per heavy atom. The predicted molar refractivity (Wildman–Crippen MR) is 116 cm³/mol. The van der Waals surface area contributed by atoms with E-state index in [9.17, 15) is 9.59 Å². The Hall–Kier alpha value is -2.56. The molecule has 3 rings (SSSR count). The molecule has 0 N–H and O–H groups in total. The van der Waals surface area contributed by atoms with Gasteiger partial charge in [0, 0.05) is 37.9 Å². The van der Waals surface area contributed by atoms with Crippen molar-refractivity contribution in [3.63, 3.8) is 0 Å². The van der Waals surface area contributed by atoms with Gasteiger partial charge in [-0.3, -0.25) is 9.59 Å². The van der Waals surface area contributed by atoms with Crippen molar-refractivity contribution in [3.05, 3.63) is 59.4 Å². The van der Waals surface area contributed by atoms with E-state index in [0.29, 0.717) is 19.5 Å². The number of carbonyl (C=O) groups excluding carboxylic acids is 2. The highest BCUT2D eigenvalue weighted by molar-refractivity contribution is 5.85. The molecule has 0 saturated heterocycles. The van der Waals surface area contributed by atoms with Gasteiger partial charge in [0.2, 0.25) is 11.8 Å². The minimum absolute atomic E-state index is 0.0290. The molecule has 2 amide bonds. The van der Waals surface area contributed by atoms with Gasteiger partial charge >= 0.3 is 0 Å². The third kappa shape index (κ3) is 4.89. The number of hydrogen-bond donors (Lipinski definition) is 0. The highest BCUT2D eigenvalue weighted by atomic mass is 16.2. The van der Waals surface area contributed by atoms with Crippen LogP contribution in [0, 0.1) is 6.92 Å². The van der Waals surface area contributed by atoms with Crippen LogP contribution in [-0.4, -0.2) is 45.8 Å². The molecule has 1 atom stereocenters. The molecule has 0 saturated carbocycles. The standard InChI is InChI=1S/C24H33N3O2/c1-4-6-9-22(28)26(14-5-2)18-23(29)27-17-16-25-15-7-8-21(25)24(27)20-12-10-19(3)11-13-20/h7-8,10-13,15,24H,4-6,9,14,16-18H2,1-3H3. The lowest BCUT2D eigenvalue weighted by molar-refractivity contribution is -0.142. The number of aryl methyl sites for hydroxylation is 1. The Kier molecular flexibility index (Phi) is 7.13. The summed E-state index contributed by atoms with van der Waals surface area (Å²) >= 11 is 0. The first-order valence-corrected chi connectivity index (χ1v) is 10.8. The number of carbonyl (C=O) groups is 2. The van der Waals surface area contributed by atoms with Gasteiger partial charge in [0.1, 0.15) is 0 Å². The van der Waals surface area contributed by atoms with Gasteiger partial charge in [-0.25, -0.2) is 0 Å². The van der Waals surface area contributed by atoms with E-state index in [2.05, 4.69) is 54.9 Å². The SMILES string of the molecule is CCCCC(=O)N(CCC)CC(=O)N1CCn2cccc2C1c1ccc(C)cc1. The van der Waals surface area contributed by atoms with Crippen LogP contribution >= 0.6 is 0 Å². The van der Waals surface area contributed by atoms with Crippen molar-refractivity contribution >= 4 is 11.8 Å². The first kappa shape index (κ1) is 21.2. The second kappa shape index (κ2) is 9.77. The fraction of sp³-hybridized carbons (Fsp3) is 0.500. The van der Waals surface area contributed by atoms with Crippen LogP contribution in [0.5, 0.6) is 0 Å². The van der Waals surface area contributed by atoms with E-state index in [4.69, 9.17) is 0 Å². The quantitative estimate of drug-likeness (QED) is 0.674. The van der Waals surface area contributed by atoms with Gasteiger partial charge in [0.15, 0.2) is 0 Å². The lowest BCUT2D eigenvalue weighted by atomic mass is 9.98. The fourth-order valence-electron chi connectivity index (χ4n) is 4.05. The number of unbranched alkanes of at least 4 members (excludes halogenated alkanes) is 1. The van der Waals surface area contributed by atoms with Crippen LogP contribution in [0.25, 0.3) is 0 Å². The number of hydrogen-bond acceptors (Lipinski definition) is 2. The molecule has 1 aliphatic rings. The highest BCUT2D eigenvalue weighted by Gasteiger charge is 2.33. The lowest BCUT2D eigenvalue weighted by Crippen LogP contribution is -2.48. The summed E-state index contributed by atoms with van der Waals surface area (Å²) in [4.78, 5) is 29.7. The third-order valence-corrected chi connectivity index (χ3v) is 5.67. The van der Waals surface area contributed by atoms with Crippen molar-refractivity contribution < 1.29 is 9.59 Å². The number of aromatic nitrogens is 1. The molecule has 5 heteroatoms. The molecule has 156 valence electrons. The Labute approximate surface area is 174 Å². The molecule has 0 spiro atoms.